The minimum atomic E-state index is -4.47. The van der Waals surface area contributed by atoms with Crippen molar-refractivity contribution < 1.29 is 17.9 Å². The van der Waals surface area contributed by atoms with Crippen molar-refractivity contribution in [2.45, 2.75) is 19.3 Å². The number of hydrogen-bond donors (Lipinski definition) is 0. The minimum absolute atomic E-state index is 0.166. The normalized spacial score (nSPS) is 15.6. The minimum Gasteiger partial charge on any atom is -0.483 e. The molecule has 0 aliphatic carbocycles. The molecule has 1 aromatic heterocycles. The maximum atomic E-state index is 12.6. The molecule has 17 heavy (non-hydrogen) atoms. The Morgan fingerprint density at radius 1 is 1.35 bits per heavy atom. The van der Waals surface area contributed by atoms with Crippen molar-refractivity contribution in [3.63, 3.8) is 0 Å². The molecule has 2 heterocycles. The standard InChI is InChI=1S/C9H11F3N4O/c1-6(17-2)15-3-4-16-7(5-15)13-14-8(16)9(10,11)12/h1,3-5H2,2H3. The van der Waals surface area contributed by atoms with E-state index >= 15 is 0 Å². The van der Waals surface area contributed by atoms with E-state index in [0.717, 1.165) is 4.57 Å². The summed E-state index contributed by atoms with van der Waals surface area (Å²) in [6, 6.07) is 0. The summed E-state index contributed by atoms with van der Waals surface area (Å²) < 4.78 is 43.7. The van der Waals surface area contributed by atoms with E-state index in [-0.39, 0.29) is 18.9 Å². The van der Waals surface area contributed by atoms with Gasteiger partial charge in [-0.05, 0) is 6.58 Å². The molecule has 0 spiro atoms. The summed E-state index contributed by atoms with van der Waals surface area (Å²) in [4.78, 5) is 1.71. The van der Waals surface area contributed by atoms with Gasteiger partial charge in [-0.3, -0.25) is 0 Å². The average molecular weight is 248 g/mol. The number of ether oxygens (including phenoxy) is 1. The number of hydrogen-bond acceptors (Lipinski definition) is 4. The van der Waals surface area contributed by atoms with Gasteiger partial charge in [0.25, 0.3) is 0 Å². The van der Waals surface area contributed by atoms with Gasteiger partial charge in [0.15, 0.2) is 11.7 Å². The van der Waals surface area contributed by atoms with Crippen LogP contribution in [-0.4, -0.2) is 33.3 Å². The van der Waals surface area contributed by atoms with Crippen molar-refractivity contribution in [1.82, 2.24) is 19.7 Å². The highest BCUT2D eigenvalue weighted by Crippen LogP contribution is 2.29. The Morgan fingerprint density at radius 2 is 2.06 bits per heavy atom. The van der Waals surface area contributed by atoms with Gasteiger partial charge in [-0.2, -0.15) is 13.2 Å². The van der Waals surface area contributed by atoms with Crippen molar-refractivity contribution in [3.8, 4) is 0 Å². The summed E-state index contributed by atoms with van der Waals surface area (Å²) in [6.45, 7) is 4.42. The summed E-state index contributed by atoms with van der Waals surface area (Å²) in [5, 5.41) is 6.72. The molecule has 1 aliphatic rings. The third kappa shape index (κ3) is 2.06. The molecular weight excluding hydrogens is 237 g/mol. The molecule has 0 amide bonds. The summed E-state index contributed by atoms with van der Waals surface area (Å²) in [7, 11) is 1.46. The molecule has 0 bridgehead atoms. The zero-order valence-corrected chi connectivity index (χ0v) is 9.16. The van der Waals surface area contributed by atoms with E-state index in [2.05, 4.69) is 16.8 Å². The van der Waals surface area contributed by atoms with Crippen LogP contribution in [0.15, 0.2) is 12.5 Å². The summed E-state index contributed by atoms with van der Waals surface area (Å²) >= 11 is 0. The smallest absolute Gasteiger partial charge is 0.451 e. The van der Waals surface area contributed by atoms with Crippen LogP contribution in [-0.2, 0) is 24.0 Å². The van der Waals surface area contributed by atoms with Crippen LogP contribution in [0.25, 0.3) is 0 Å². The van der Waals surface area contributed by atoms with E-state index in [9.17, 15) is 13.2 Å². The van der Waals surface area contributed by atoms with Crippen molar-refractivity contribution in [2.75, 3.05) is 13.7 Å². The van der Waals surface area contributed by atoms with Gasteiger partial charge >= 0.3 is 6.18 Å². The van der Waals surface area contributed by atoms with Crippen LogP contribution in [0.1, 0.15) is 11.6 Å². The van der Waals surface area contributed by atoms with Gasteiger partial charge in [-0.25, -0.2) is 0 Å². The van der Waals surface area contributed by atoms with Crippen LogP contribution >= 0.6 is 0 Å². The van der Waals surface area contributed by atoms with Crippen LogP contribution in [0, 0.1) is 0 Å². The molecule has 0 N–H and O–H groups in total. The first-order valence-corrected chi connectivity index (χ1v) is 4.90. The second-order valence-electron chi connectivity index (χ2n) is 3.61. The predicted molar refractivity (Wildman–Crippen MR) is 51.6 cm³/mol. The van der Waals surface area contributed by atoms with Gasteiger partial charge in [0, 0.05) is 13.1 Å². The summed E-state index contributed by atoms with van der Waals surface area (Å²) in [5.41, 5.74) is 0. The Balaban J connectivity index is 2.25. The van der Waals surface area contributed by atoms with E-state index in [1.54, 1.807) is 4.90 Å². The second kappa shape index (κ2) is 3.94. The first kappa shape index (κ1) is 11.7. The molecule has 0 fully saturated rings. The number of alkyl halides is 3. The predicted octanol–water partition coefficient (Wildman–Crippen LogP) is 1.23. The second-order valence-corrected chi connectivity index (χ2v) is 3.61. The third-order valence-corrected chi connectivity index (χ3v) is 2.60. The molecule has 2 rings (SSSR count). The van der Waals surface area contributed by atoms with E-state index < -0.39 is 12.0 Å². The number of nitrogens with zero attached hydrogens (tertiary/aromatic N) is 4. The van der Waals surface area contributed by atoms with E-state index in [1.165, 1.54) is 7.11 Å². The molecule has 0 unspecified atom stereocenters. The molecule has 8 heteroatoms. The highest BCUT2D eigenvalue weighted by atomic mass is 19.4. The number of methoxy groups -OCH3 is 1. The highest BCUT2D eigenvalue weighted by Gasteiger charge is 2.39. The molecule has 94 valence electrons. The summed E-state index contributed by atoms with van der Waals surface area (Å²) in [5.74, 6) is -0.273. The Bertz CT molecular complexity index is 440. The van der Waals surface area contributed by atoms with Crippen molar-refractivity contribution in [3.05, 3.63) is 24.1 Å². The van der Waals surface area contributed by atoms with E-state index in [1.807, 2.05) is 0 Å². The number of fused-ring (bicyclic) bond motifs is 1. The Kier molecular flexibility index (Phi) is 2.72. The maximum absolute atomic E-state index is 12.6. The number of halogens is 3. The van der Waals surface area contributed by atoms with Crippen LogP contribution < -0.4 is 0 Å². The van der Waals surface area contributed by atoms with Crippen molar-refractivity contribution in [1.29, 1.82) is 0 Å². The van der Waals surface area contributed by atoms with Gasteiger partial charge in [0.05, 0.1) is 13.7 Å². The molecule has 5 nitrogen and oxygen atoms in total. The largest absolute Gasteiger partial charge is 0.483 e. The molecular formula is C9H11F3N4O. The number of rotatable bonds is 2. The lowest BCUT2D eigenvalue weighted by atomic mass is 10.3. The summed E-state index contributed by atoms with van der Waals surface area (Å²) in [6.07, 6.45) is -4.47. The lowest BCUT2D eigenvalue weighted by molar-refractivity contribution is -0.148. The van der Waals surface area contributed by atoms with E-state index in [4.69, 9.17) is 4.74 Å². The van der Waals surface area contributed by atoms with Crippen LogP contribution in [0.4, 0.5) is 13.2 Å². The average Bonchev–Trinajstić information content (AvgIpc) is 2.70. The molecule has 0 saturated heterocycles. The lowest BCUT2D eigenvalue weighted by Crippen LogP contribution is -2.34. The van der Waals surface area contributed by atoms with Gasteiger partial charge in [-0.15, -0.1) is 10.2 Å². The Morgan fingerprint density at radius 3 is 2.65 bits per heavy atom. The van der Waals surface area contributed by atoms with E-state index in [0.29, 0.717) is 12.4 Å². The zero-order valence-electron chi connectivity index (χ0n) is 9.16. The molecule has 0 atom stereocenters. The highest BCUT2D eigenvalue weighted by molar-refractivity contribution is 5.04. The molecule has 1 aromatic rings. The van der Waals surface area contributed by atoms with Crippen LogP contribution in [0.2, 0.25) is 0 Å². The third-order valence-electron chi connectivity index (χ3n) is 2.60. The van der Waals surface area contributed by atoms with Gasteiger partial charge < -0.3 is 14.2 Å². The fourth-order valence-corrected chi connectivity index (χ4v) is 1.71. The van der Waals surface area contributed by atoms with Crippen LogP contribution in [0.5, 0.6) is 0 Å². The lowest BCUT2D eigenvalue weighted by Gasteiger charge is -2.29. The van der Waals surface area contributed by atoms with Crippen LogP contribution in [0.3, 0.4) is 0 Å². The van der Waals surface area contributed by atoms with Gasteiger partial charge in [0.1, 0.15) is 0 Å². The SMILES string of the molecule is C=C(OC)N1CCn2c(nnc2C(F)(F)F)C1. The van der Waals surface area contributed by atoms with Gasteiger partial charge in [0.2, 0.25) is 5.82 Å². The molecule has 1 aliphatic heterocycles. The Labute approximate surface area is 95.5 Å². The molecule has 0 aromatic carbocycles. The fourth-order valence-electron chi connectivity index (χ4n) is 1.71. The molecule has 0 radical (unpaired) electrons. The maximum Gasteiger partial charge on any atom is 0.451 e. The van der Waals surface area contributed by atoms with Gasteiger partial charge in [-0.1, -0.05) is 0 Å². The zero-order chi connectivity index (χ0) is 12.6. The first-order valence-electron chi connectivity index (χ1n) is 4.90. The Hall–Kier alpha value is -1.73. The topological polar surface area (TPSA) is 43.2 Å². The van der Waals surface area contributed by atoms with Crippen molar-refractivity contribution >= 4 is 0 Å². The molecule has 0 saturated carbocycles. The number of aromatic nitrogens is 3. The van der Waals surface area contributed by atoms with Crippen molar-refractivity contribution in [2.24, 2.45) is 0 Å². The quantitative estimate of drug-likeness (QED) is 0.738. The first-order chi connectivity index (χ1) is 7.93. The monoisotopic (exact) mass is 248 g/mol. The fraction of sp³-hybridized carbons (Fsp3) is 0.556.